The topological polar surface area (TPSA) is 85.2 Å². The molecule has 0 saturated carbocycles. The molecule has 0 aliphatic carbocycles. The van der Waals surface area contributed by atoms with Gasteiger partial charge < -0.3 is 15.7 Å². The Hall–Kier alpha value is -2.68. The summed E-state index contributed by atoms with van der Waals surface area (Å²) in [7, 11) is 0. The van der Waals surface area contributed by atoms with E-state index in [1.54, 1.807) is 30.3 Å². The van der Waals surface area contributed by atoms with E-state index in [-0.39, 0.29) is 16.3 Å². The lowest BCUT2D eigenvalue weighted by Crippen LogP contribution is -2.14. The number of halogens is 2. The van der Waals surface area contributed by atoms with Crippen molar-refractivity contribution in [2.24, 2.45) is 0 Å². The number of phenols is 1. The van der Waals surface area contributed by atoms with Crippen LogP contribution < -0.4 is 10.6 Å². The second-order valence-electron chi connectivity index (χ2n) is 4.44. The second-order valence-corrected chi connectivity index (χ2v) is 5.29. The predicted octanol–water partition coefficient (Wildman–Crippen LogP) is 4.16. The number of anilines is 2. The van der Waals surface area contributed by atoms with Gasteiger partial charge in [0.1, 0.15) is 17.4 Å². The quantitative estimate of drug-likeness (QED) is 0.572. The Bertz CT molecular complexity index is 813. The van der Waals surface area contributed by atoms with Crippen LogP contribution in [0, 0.1) is 11.3 Å². The number of phenolic OH excluding ortho intramolecular Hbond substituents is 1. The molecule has 23 heavy (non-hydrogen) atoms. The summed E-state index contributed by atoms with van der Waals surface area (Å²) in [4.78, 5) is 12.1. The van der Waals surface area contributed by atoms with E-state index in [2.05, 4.69) is 10.6 Å². The number of nitrogens with one attached hydrogen (secondary N) is 2. The third kappa shape index (κ3) is 4.65. The first-order valence-corrected chi connectivity index (χ1v) is 7.17. The first-order chi connectivity index (χ1) is 11.0. The fourth-order valence-corrected chi connectivity index (χ4v) is 2.14. The average Bonchev–Trinajstić information content (AvgIpc) is 2.51. The van der Waals surface area contributed by atoms with Crippen molar-refractivity contribution in [2.75, 3.05) is 10.6 Å². The van der Waals surface area contributed by atoms with Crippen LogP contribution in [0.2, 0.25) is 10.0 Å². The standard InChI is InChI=1S/C16H11Cl2N3O2/c17-11-4-5-15(14(18)6-11)21-16(23)10(8-19)9-20-12-2-1-3-13(22)7-12/h1-7,9,20,22H,(H,21,23)/b10-9-. The molecule has 0 aliphatic rings. The maximum absolute atomic E-state index is 12.1. The lowest BCUT2D eigenvalue weighted by atomic mass is 10.2. The fourth-order valence-electron chi connectivity index (χ4n) is 1.68. The van der Waals surface area contributed by atoms with E-state index in [1.165, 1.54) is 24.4 Å². The van der Waals surface area contributed by atoms with Gasteiger partial charge in [-0.05, 0) is 30.3 Å². The number of hydrogen-bond acceptors (Lipinski definition) is 4. The second kappa shape index (κ2) is 7.54. The van der Waals surface area contributed by atoms with Crippen LogP contribution in [-0.4, -0.2) is 11.0 Å². The minimum atomic E-state index is -0.621. The number of carbonyl (C=O) groups is 1. The fraction of sp³-hybridized carbons (Fsp3) is 0. The highest BCUT2D eigenvalue weighted by atomic mass is 35.5. The van der Waals surface area contributed by atoms with Gasteiger partial charge in [-0.3, -0.25) is 4.79 Å². The monoisotopic (exact) mass is 347 g/mol. The molecule has 0 saturated heterocycles. The normalized spacial score (nSPS) is 10.7. The molecule has 0 radical (unpaired) electrons. The van der Waals surface area contributed by atoms with E-state index in [0.717, 1.165) is 0 Å². The first kappa shape index (κ1) is 16.7. The molecule has 5 nitrogen and oxygen atoms in total. The average molecular weight is 348 g/mol. The first-order valence-electron chi connectivity index (χ1n) is 6.42. The number of benzene rings is 2. The molecular formula is C16H11Cl2N3O2. The minimum absolute atomic E-state index is 0.0688. The zero-order valence-corrected chi connectivity index (χ0v) is 13.2. The molecule has 0 bridgehead atoms. The molecule has 116 valence electrons. The lowest BCUT2D eigenvalue weighted by Gasteiger charge is -2.07. The molecule has 0 atom stereocenters. The highest BCUT2D eigenvalue weighted by Gasteiger charge is 2.11. The third-order valence-electron chi connectivity index (χ3n) is 2.77. The highest BCUT2D eigenvalue weighted by Crippen LogP contribution is 2.25. The zero-order chi connectivity index (χ0) is 16.8. The number of carbonyl (C=O) groups excluding carboxylic acids is 1. The van der Waals surface area contributed by atoms with E-state index in [0.29, 0.717) is 16.4 Å². The van der Waals surface area contributed by atoms with Gasteiger partial charge in [0.2, 0.25) is 0 Å². The van der Waals surface area contributed by atoms with E-state index in [9.17, 15) is 9.90 Å². The van der Waals surface area contributed by atoms with Gasteiger partial charge in [0.05, 0.1) is 10.7 Å². The van der Waals surface area contributed by atoms with E-state index >= 15 is 0 Å². The smallest absolute Gasteiger partial charge is 0.267 e. The van der Waals surface area contributed by atoms with Gasteiger partial charge >= 0.3 is 0 Å². The third-order valence-corrected chi connectivity index (χ3v) is 3.32. The number of rotatable bonds is 4. The Morgan fingerprint density at radius 1 is 1.22 bits per heavy atom. The van der Waals surface area contributed by atoms with Crippen LogP contribution in [0.5, 0.6) is 5.75 Å². The van der Waals surface area contributed by atoms with Crippen molar-refractivity contribution in [2.45, 2.75) is 0 Å². The van der Waals surface area contributed by atoms with Gasteiger partial charge in [-0.2, -0.15) is 5.26 Å². The van der Waals surface area contributed by atoms with Crippen LogP contribution in [0.4, 0.5) is 11.4 Å². The van der Waals surface area contributed by atoms with Crippen molar-refractivity contribution in [3.05, 3.63) is 64.3 Å². The molecule has 0 heterocycles. The summed E-state index contributed by atoms with van der Waals surface area (Å²) in [6.45, 7) is 0. The van der Waals surface area contributed by atoms with Crippen molar-refractivity contribution < 1.29 is 9.90 Å². The SMILES string of the molecule is N#C/C(=C/Nc1cccc(O)c1)C(=O)Nc1ccc(Cl)cc1Cl. The number of nitrogens with zero attached hydrogens (tertiary/aromatic N) is 1. The lowest BCUT2D eigenvalue weighted by molar-refractivity contribution is -0.112. The molecule has 2 aromatic rings. The summed E-state index contributed by atoms with van der Waals surface area (Å²) in [6.07, 6.45) is 1.24. The van der Waals surface area contributed by atoms with Gasteiger partial charge in [-0.1, -0.05) is 29.3 Å². The Balaban J connectivity index is 2.12. The number of aromatic hydroxyl groups is 1. The zero-order valence-electron chi connectivity index (χ0n) is 11.7. The van der Waals surface area contributed by atoms with Gasteiger partial charge in [-0.15, -0.1) is 0 Å². The largest absolute Gasteiger partial charge is 0.508 e. The molecule has 1 amide bonds. The number of nitriles is 1. The van der Waals surface area contributed by atoms with Crippen LogP contribution in [0.15, 0.2) is 54.2 Å². The molecule has 3 N–H and O–H groups in total. The molecule has 2 aromatic carbocycles. The highest BCUT2D eigenvalue weighted by molar-refractivity contribution is 6.36. The molecule has 0 aromatic heterocycles. The van der Waals surface area contributed by atoms with Crippen LogP contribution in [0.3, 0.4) is 0 Å². The van der Waals surface area contributed by atoms with Crippen LogP contribution >= 0.6 is 23.2 Å². The summed E-state index contributed by atoms with van der Waals surface area (Å²) < 4.78 is 0. The van der Waals surface area contributed by atoms with Gasteiger partial charge in [-0.25, -0.2) is 0 Å². The molecular weight excluding hydrogens is 337 g/mol. The molecule has 0 fully saturated rings. The number of hydrogen-bond donors (Lipinski definition) is 3. The summed E-state index contributed by atoms with van der Waals surface area (Å²) >= 11 is 11.7. The van der Waals surface area contributed by atoms with Crippen molar-refractivity contribution in [3.8, 4) is 11.8 Å². The van der Waals surface area contributed by atoms with Crippen molar-refractivity contribution >= 4 is 40.5 Å². The van der Waals surface area contributed by atoms with Crippen LogP contribution in [-0.2, 0) is 4.79 Å². The summed E-state index contributed by atoms with van der Waals surface area (Å²) in [5, 5.41) is 24.5. The molecule has 7 heteroatoms. The van der Waals surface area contributed by atoms with Crippen molar-refractivity contribution in [1.29, 1.82) is 5.26 Å². The minimum Gasteiger partial charge on any atom is -0.508 e. The van der Waals surface area contributed by atoms with E-state index in [1.807, 2.05) is 0 Å². The van der Waals surface area contributed by atoms with Crippen molar-refractivity contribution in [1.82, 2.24) is 0 Å². The van der Waals surface area contributed by atoms with Gasteiger partial charge in [0.15, 0.2) is 0 Å². The van der Waals surface area contributed by atoms with E-state index < -0.39 is 5.91 Å². The summed E-state index contributed by atoms with van der Waals surface area (Å²) in [5.41, 5.74) is 0.731. The molecule has 2 rings (SSSR count). The Kier molecular flexibility index (Phi) is 5.47. The summed E-state index contributed by atoms with van der Waals surface area (Å²) in [6, 6.07) is 12.7. The van der Waals surface area contributed by atoms with E-state index in [4.69, 9.17) is 28.5 Å². The molecule has 0 aliphatic heterocycles. The Labute approximate surface area is 142 Å². The summed E-state index contributed by atoms with van der Waals surface area (Å²) in [5.74, 6) is -0.552. The van der Waals surface area contributed by atoms with Gasteiger partial charge in [0.25, 0.3) is 5.91 Å². The van der Waals surface area contributed by atoms with Crippen LogP contribution in [0.25, 0.3) is 0 Å². The Morgan fingerprint density at radius 2 is 2.00 bits per heavy atom. The maximum Gasteiger partial charge on any atom is 0.267 e. The number of amides is 1. The van der Waals surface area contributed by atoms with Gasteiger partial charge in [0, 0.05) is 23.0 Å². The van der Waals surface area contributed by atoms with Crippen LogP contribution in [0.1, 0.15) is 0 Å². The molecule has 0 unspecified atom stereocenters. The predicted molar refractivity (Wildman–Crippen MR) is 90.5 cm³/mol. The Morgan fingerprint density at radius 3 is 2.65 bits per heavy atom. The maximum atomic E-state index is 12.1. The van der Waals surface area contributed by atoms with Crippen molar-refractivity contribution in [3.63, 3.8) is 0 Å². The molecule has 0 spiro atoms.